The molecule has 0 N–H and O–H groups in total. The Morgan fingerprint density at radius 2 is 1.13 bits per heavy atom. The zero-order valence-electron chi connectivity index (χ0n) is 15.0. The van der Waals surface area contributed by atoms with Gasteiger partial charge in [0.1, 0.15) is 0 Å². The van der Waals surface area contributed by atoms with E-state index in [0.29, 0.717) is 0 Å². The van der Waals surface area contributed by atoms with Crippen LogP contribution in [-0.4, -0.2) is 0 Å². The summed E-state index contributed by atoms with van der Waals surface area (Å²) < 4.78 is 0. The fourth-order valence-corrected chi connectivity index (χ4v) is 2.13. The van der Waals surface area contributed by atoms with E-state index in [4.69, 9.17) is 0 Å². The van der Waals surface area contributed by atoms with Crippen LogP contribution in [0.15, 0.2) is 35.5 Å². The van der Waals surface area contributed by atoms with E-state index in [9.17, 15) is 0 Å². The molecule has 3 heteroatoms. The van der Waals surface area contributed by atoms with Crippen molar-refractivity contribution in [1.82, 2.24) is 0 Å². The Labute approximate surface area is 161 Å². The van der Waals surface area contributed by atoms with Gasteiger partial charge in [0.15, 0.2) is 0 Å². The fourth-order valence-electron chi connectivity index (χ4n) is 2.13. The van der Waals surface area contributed by atoms with Gasteiger partial charge in [0.05, 0.1) is 0 Å². The van der Waals surface area contributed by atoms with Crippen molar-refractivity contribution in [2.24, 2.45) is 11.8 Å². The van der Waals surface area contributed by atoms with Gasteiger partial charge in [0, 0.05) is 0 Å². The molecule has 0 fully saturated rings. The second kappa shape index (κ2) is 16.6. The van der Waals surface area contributed by atoms with Crippen molar-refractivity contribution < 1.29 is 35.6 Å². The summed E-state index contributed by atoms with van der Waals surface area (Å²) in [4.78, 5) is 0. The fraction of sp³-hybridized carbons (Fsp3) is 0.600. The van der Waals surface area contributed by atoms with Gasteiger partial charge in [0.2, 0.25) is 0 Å². The molecule has 0 aromatic heterocycles. The van der Waals surface area contributed by atoms with Crippen molar-refractivity contribution in [2.45, 2.75) is 66.2 Å². The van der Waals surface area contributed by atoms with Crippen LogP contribution in [0.2, 0.25) is 0 Å². The van der Waals surface area contributed by atoms with Crippen LogP contribution < -0.4 is 9.41 Å². The maximum Gasteiger partial charge on any atom is 4.00 e. The van der Waals surface area contributed by atoms with Crippen LogP contribution in [0.3, 0.4) is 0 Å². The molecule has 128 valence electrons. The Hall–Kier alpha value is -0.297. The zero-order chi connectivity index (χ0) is 14.8. The topological polar surface area (TPSA) is 0 Å². The maximum atomic E-state index is 3.32. The Bertz CT molecular complexity index is 352. The van der Waals surface area contributed by atoms with Crippen LogP contribution in [0, 0.1) is 24.0 Å². The van der Waals surface area contributed by atoms with Crippen LogP contribution >= 0.6 is 0 Å². The number of allylic oxidation sites excluding steroid dienone is 8. The van der Waals surface area contributed by atoms with Crippen molar-refractivity contribution in [3.63, 3.8) is 0 Å². The first-order valence-electron chi connectivity index (χ1n) is 8.10. The molecule has 0 aromatic rings. The molecule has 0 aromatic carbocycles. The minimum atomic E-state index is 0. The zero-order valence-corrected chi connectivity index (χ0v) is 17.4. The summed E-state index contributed by atoms with van der Waals surface area (Å²) in [5.41, 5.74) is 2.82. The van der Waals surface area contributed by atoms with Crippen molar-refractivity contribution in [3.05, 3.63) is 47.6 Å². The van der Waals surface area contributed by atoms with Crippen LogP contribution in [0.5, 0.6) is 0 Å². The molecule has 0 radical (unpaired) electrons. The van der Waals surface area contributed by atoms with Gasteiger partial charge in [-0.2, -0.15) is 12.2 Å². The number of hydrogen-bond donors (Lipinski definition) is 0. The minimum Gasteiger partial charge on any atom is -1.00 e. The van der Waals surface area contributed by atoms with Gasteiger partial charge in [-0.3, -0.25) is 12.2 Å². The molecule has 2 aliphatic rings. The van der Waals surface area contributed by atoms with Gasteiger partial charge in [-0.25, -0.2) is 23.3 Å². The van der Waals surface area contributed by atoms with Crippen molar-refractivity contribution in [2.75, 3.05) is 0 Å². The molecule has 23 heavy (non-hydrogen) atoms. The van der Waals surface area contributed by atoms with Crippen molar-refractivity contribution >= 4 is 0 Å². The Kier molecular flexibility index (Phi) is 19.8. The van der Waals surface area contributed by atoms with E-state index in [2.05, 4.69) is 64.2 Å². The summed E-state index contributed by atoms with van der Waals surface area (Å²) in [6.45, 7) is 9.05. The third kappa shape index (κ3) is 15.0. The molecule has 0 bridgehead atoms. The number of rotatable bonds is 6. The number of halogens is 2. The molecule has 0 heterocycles. The van der Waals surface area contributed by atoms with E-state index in [-0.39, 0.29) is 35.6 Å². The average Bonchev–Trinajstić information content (AvgIpc) is 3.08. The first-order valence-corrected chi connectivity index (χ1v) is 8.10. The van der Waals surface area contributed by atoms with Gasteiger partial charge in [-0.1, -0.05) is 40.5 Å². The Balaban J connectivity index is -0.000000308. The van der Waals surface area contributed by atoms with E-state index >= 15 is 0 Å². The molecular formula is C20H30F2Zr. The molecule has 0 nitrogen and oxygen atoms in total. The summed E-state index contributed by atoms with van der Waals surface area (Å²) in [5, 5.41) is 0. The quantitative estimate of drug-likeness (QED) is 0.561. The van der Waals surface area contributed by atoms with Crippen molar-refractivity contribution in [1.29, 1.82) is 0 Å². The first kappa shape index (κ1) is 27.5. The Morgan fingerprint density at radius 1 is 0.783 bits per heavy atom. The predicted octanol–water partition coefficient (Wildman–Crippen LogP) is 0.230. The molecule has 0 amide bonds. The first-order chi connectivity index (χ1) is 9.58. The van der Waals surface area contributed by atoms with Gasteiger partial charge in [0.25, 0.3) is 0 Å². The molecule has 0 saturated carbocycles. The third-order valence-corrected chi connectivity index (χ3v) is 3.51. The van der Waals surface area contributed by atoms with Crippen LogP contribution in [-0.2, 0) is 26.2 Å². The van der Waals surface area contributed by atoms with Gasteiger partial charge >= 0.3 is 26.2 Å². The monoisotopic (exact) mass is 398 g/mol. The molecule has 0 aliphatic heterocycles. The molecule has 0 atom stereocenters. The largest absolute Gasteiger partial charge is 4.00 e. The Morgan fingerprint density at radius 3 is 1.35 bits per heavy atom. The van der Waals surface area contributed by atoms with E-state index in [1.807, 2.05) is 0 Å². The molecular weight excluding hydrogens is 369 g/mol. The van der Waals surface area contributed by atoms with Crippen LogP contribution in [0.4, 0.5) is 0 Å². The van der Waals surface area contributed by atoms with E-state index < -0.39 is 0 Å². The predicted molar refractivity (Wildman–Crippen MR) is 89.2 cm³/mol. The summed E-state index contributed by atoms with van der Waals surface area (Å²) in [7, 11) is 0. The second-order valence-corrected chi connectivity index (χ2v) is 6.48. The standard InChI is InChI=1S/2C10H15.2FH.Zr/c2*1-9(2)7-8-10-5-3-4-6-10;;;/h2*3,5,9H,4,7-8H2,1-2H3;2*1H;/q2*-1;;;+4/p-2. The van der Waals surface area contributed by atoms with Crippen molar-refractivity contribution in [3.8, 4) is 0 Å². The molecule has 0 unspecified atom stereocenters. The normalized spacial score (nSPS) is 14.3. The number of hydrogen-bond acceptors (Lipinski definition) is 0. The van der Waals surface area contributed by atoms with Crippen LogP contribution in [0.25, 0.3) is 0 Å². The average molecular weight is 400 g/mol. The second-order valence-electron chi connectivity index (χ2n) is 6.48. The van der Waals surface area contributed by atoms with E-state index in [1.165, 1.54) is 36.8 Å². The molecule has 0 spiro atoms. The summed E-state index contributed by atoms with van der Waals surface area (Å²) in [6.07, 6.45) is 22.5. The summed E-state index contributed by atoms with van der Waals surface area (Å²) in [6, 6.07) is 0. The maximum absolute atomic E-state index is 3.32. The minimum absolute atomic E-state index is 0. The van der Waals surface area contributed by atoms with E-state index in [0.717, 1.165) is 24.7 Å². The SMILES string of the molecule is CC(C)CCC1=[C-]CC=C1.CC(C)CCC1=[C-]CC=C1.[F-].[F-].[Zr+4]. The van der Waals surface area contributed by atoms with Gasteiger partial charge in [-0.05, 0) is 24.7 Å². The van der Waals surface area contributed by atoms with Crippen LogP contribution in [0.1, 0.15) is 66.2 Å². The van der Waals surface area contributed by atoms with Gasteiger partial charge < -0.3 is 9.41 Å². The summed E-state index contributed by atoms with van der Waals surface area (Å²) >= 11 is 0. The summed E-state index contributed by atoms with van der Waals surface area (Å²) in [5.74, 6) is 1.64. The van der Waals surface area contributed by atoms with E-state index in [1.54, 1.807) is 0 Å². The third-order valence-electron chi connectivity index (χ3n) is 3.51. The smallest absolute Gasteiger partial charge is 1.00 e. The van der Waals surface area contributed by atoms with Gasteiger partial charge in [-0.15, -0.1) is 12.8 Å². The molecule has 2 rings (SSSR count). The molecule has 2 aliphatic carbocycles. The molecule has 0 saturated heterocycles.